The van der Waals surface area contributed by atoms with E-state index in [0.717, 1.165) is 68.3 Å². The Bertz CT molecular complexity index is 1150. The first kappa shape index (κ1) is 24.2. The molecule has 2 aliphatic rings. The zero-order valence-electron chi connectivity index (χ0n) is 20.3. The number of rotatable bonds is 8. The Morgan fingerprint density at radius 1 is 1.00 bits per heavy atom. The van der Waals surface area contributed by atoms with Gasteiger partial charge in [0.1, 0.15) is 0 Å². The van der Waals surface area contributed by atoms with Crippen LogP contribution in [0.25, 0.3) is 11.3 Å². The fourth-order valence-electron chi connectivity index (χ4n) is 4.75. The molecule has 0 spiro atoms. The Kier molecular flexibility index (Phi) is 7.70. The minimum Gasteiger partial charge on any atom is -0.395 e. The van der Waals surface area contributed by atoms with Gasteiger partial charge in [-0.1, -0.05) is 12.1 Å². The molecular formula is C27H32N6O3. The van der Waals surface area contributed by atoms with Crippen LogP contribution in [0.2, 0.25) is 0 Å². The molecule has 3 N–H and O–H groups in total. The SMILES string of the molecule is O=C(Nc1ccc(-c2ccnc(Nc3ccc(N4CCOCC4)cc3)n2)cc1)[C@H]1CCCN1CCO. The van der Waals surface area contributed by atoms with Gasteiger partial charge < -0.3 is 25.4 Å². The van der Waals surface area contributed by atoms with Crippen LogP contribution < -0.4 is 15.5 Å². The lowest BCUT2D eigenvalue weighted by Crippen LogP contribution is -2.40. The lowest BCUT2D eigenvalue weighted by molar-refractivity contribution is -0.120. The molecule has 1 amide bonds. The number of hydrogen-bond acceptors (Lipinski definition) is 8. The molecule has 9 heteroatoms. The number of carbonyl (C=O) groups is 1. The van der Waals surface area contributed by atoms with E-state index in [4.69, 9.17) is 4.74 Å². The zero-order chi connectivity index (χ0) is 24.7. The Balaban J connectivity index is 1.21. The van der Waals surface area contributed by atoms with Crippen LogP contribution in [-0.2, 0) is 9.53 Å². The summed E-state index contributed by atoms with van der Waals surface area (Å²) < 4.78 is 5.43. The smallest absolute Gasteiger partial charge is 0.241 e. The average Bonchev–Trinajstić information content (AvgIpc) is 3.39. The van der Waals surface area contributed by atoms with Crippen molar-refractivity contribution in [2.45, 2.75) is 18.9 Å². The number of carbonyl (C=O) groups excluding carboxylic acids is 1. The highest BCUT2D eigenvalue weighted by Crippen LogP contribution is 2.24. The summed E-state index contributed by atoms with van der Waals surface area (Å²) in [6.07, 6.45) is 3.52. The summed E-state index contributed by atoms with van der Waals surface area (Å²) in [4.78, 5) is 26.1. The van der Waals surface area contributed by atoms with Crippen molar-refractivity contribution in [2.24, 2.45) is 0 Å². The first-order valence-corrected chi connectivity index (χ1v) is 12.5. The molecule has 2 aromatic carbocycles. The Morgan fingerprint density at radius 2 is 1.75 bits per heavy atom. The maximum Gasteiger partial charge on any atom is 0.241 e. The van der Waals surface area contributed by atoms with E-state index in [1.165, 1.54) is 5.69 Å². The third-order valence-corrected chi connectivity index (χ3v) is 6.66. The third kappa shape index (κ3) is 5.81. The molecule has 5 rings (SSSR count). The number of amides is 1. The molecule has 2 saturated heterocycles. The van der Waals surface area contributed by atoms with Gasteiger partial charge >= 0.3 is 0 Å². The maximum absolute atomic E-state index is 12.7. The standard InChI is InChI=1S/C27H32N6O3/c34-17-14-33-13-1-2-25(33)26(35)29-21-5-3-20(4-6-21)24-11-12-28-27(31-24)30-22-7-9-23(10-8-22)32-15-18-36-19-16-32/h3-12,25,34H,1-2,13-19H2,(H,29,35)(H,28,30,31)/t25-/m1/s1. The van der Waals surface area contributed by atoms with Gasteiger partial charge in [0.05, 0.1) is 31.6 Å². The second kappa shape index (κ2) is 11.5. The fourth-order valence-corrected chi connectivity index (χ4v) is 4.75. The number of anilines is 4. The fraction of sp³-hybridized carbons (Fsp3) is 0.370. The predicted octanol–water partition coefficient (Wildman–Crippen LogP) is 3.12. The Hall–Kier alpha value is -3.53. The molecular weight excluding hydrogens is 456 g/mol. The van der Waals surface area contributed by atoms with Gasteiger partial charge in [0.15, 0.2) is 0 Å². The molecule has 0 radical (unpaired) electrons. The lowest BCUT2D eigenvalue weighted by atomic mass is 10.1. The first-order valence-electron chi connectivity index (χ1n) is 12.5. The Labute approximate surface area is 211 Å². The predicted molar refractivity (Wildman–Crippen MR) is 141 cm³/mol. The number of likely N-dealkylation sites (tertiary alicyclic amines) is 1. The highest BCUT2D eigenvalue weighted by atomic mass is 16.5. The van der Waals surface area contributed by atoms with Gasteiger partial charge in [0.25, 0.3) is 0 Å². The summed E-state index contributed by atoms with van der Waals surface area (Å²) in [5.41, 5.74) is 4.57. The summed E-state index contributed by atoms with van der Waals surface area (Å²) in [6.45, 7) is 4.77. The molecule has 3 aromatic rings. The molecule has 0 aliphatic carbocycles. The van der Waals surface area contributed by atoms with E-state index in [2.05, 4.69) is 37.6 Å². The second-order valence-corrected chi connectivity index (χ2v) is 9.02. The van der Waals surface area contributed by atoms with Crippen molar-refractivity contribution in [3.63, 3.8) is 0 Å². The number of nitrogens with one attached hydrogen (secondary N) is 2. The van der Waals surface area contributed by atoms with Gasteiger partial charge in [0, 0.05) is 48.5 Å². The number of hydrogen-bond donors (Lipinski definition) is 3. The van der Waals surface area contributed by atoms with E-state index in [1.54, 1.807) is 6.20 Å². The van der Waals surface area contributed by atoms with Gasteiger partial charge in [0.2, 0.25) is 11.9 Å². The van der Waals surface area contributed by atoms with Gasteiger partial charge in [-0.15, -0.1) is 0 Å². The van der Waals surface area contributed by atoms with Crippen LogP contribution in [0.1, 0.15) is 12.8 Å². The first-order chi connectivity index (χ1) is 17.7. The molecule has 0 saturated carbocycles. The zero-order valence-corrected chi connectivity index (χ0v) is 20.3. The molecule has 9 nitrogen and oxygen atoms in total. The number of aliphatic hydroxyl groups is 1. The number of aromatic nitrogens is 2. The van der Waals surface area contributed by atoms with Crippen molar-refractivity contribution in [1.29, 1.82) is 0 Å². The molecule has 2 aliphatic heterocycles. The van der Waals surface area contributed by atoms with Crippen molar-refractivity contribution in [3.05, 3.63) is 60.8 Å². The Morgan fingerprint density at radius 3 is 2.50 bits per heavy atom. The normalized spacial score (nSPS) is 18.2. The van der Waals surface area contributed by atoms with Crippen LogP contribution >= 0.6 is 0 Å². The van der Waals surface area contributed by atoms with Gasteiger partial charge in [-0.05, 0) is 61.9 Å². The van der Waals surface area contributed by atoms with Crippen LogP contribution in [-0.4, -0.2) is 77.9 Å². The third-order valence-electron chi connectivity index (χ3n) is 6.66. The van der Waals surface area contributed by atoms with Crippen LogP contribution in [0.15, 0.2) is 60.8 Å². The van der Waals surface area contributed by atoms with Gasteiger partial charge in [-0.2, -0.15) is 0 Å². The molecule has 188 valence electrons. The van der Waals surface area contributed by atoms with Crippen LogP contribution in [0.5, 0.6) is 0 Å². The molecule has 2 fully saturated rings. The topological polar surface area (TPSA) is 103 Å². The van der Waals surface area contributed by atoms with Crippen molar-refractivity contribution in [3.8, 4) is 11.3 Å². The number of aliphatic hydroxyl groups excluding tert-OH is 1. The molecule has 0 unspecified atom stereocenters. The number of morpholine rings is 1. The molecule has 3 heterocycles. The van der Waals surface area contributed by atoms with Crippen molar-refractivity contribution < 1.29 is 14.6 Å². The summed E-state index contributed by atoms with van der Waals surface area (Å²) in [5.74, 6) is 0.496. The van der Waals surface area contributed by atoms with Crippen molar-refractivity contribution in [2.75, 3.05) is 61.5 Å². The molecule has 36 heavy (non-hydrogen) atoms. The highest BCUT2D eigenvalue weighted by Gasteiger charge is 2.30. The minimum atomic E-state index is -0.185. The maximum atomic E-state index is 12.7. The van der Waals surface area contributed by atoms with E-state index in [9.17, 15) is 9.90 Å². The van der Waals surface area contributed by atoms with E-state index in [-0.39, 0.29) is 18.6 Å². The number of benzene rings is 2. The molecule has 0 bridgehead atoms. The quantitative estimate of drug-likeness (QED) is 0.445. The van der Waals surface area contributed by atoms with Crippen LogP contribution in [0.4, 0.5) is 23.0 Å². The largest absolute Gasteiger partial charge is 0.395 e. The summed E-state index contributed by atoms with van der Waals surface area (Å²) in [5, 5.41) is 15.5. The van der Waals surface area contributed by atoms with Crippen LogP contribution in [0.3, 0.4) is 0 Å². The minimum absolute atomic E-state index is 0.0261. The monoisotopic (exact) mass is 488 g/mol. The number of ether oxygens (including phenoxy) is 1. The van der Waals surface area contributed by atoms with Crippen molar-refractivity contribution in [1.82, 2.24) is 14.9 Å². The van der Waals surface area contributed by atoms with Gasteiger partial charge in [-0.25, -0.2) is 9.97 Å². The summed E-state index contributed by atoms with van der Waals surface area (Å²) in [6, 6.07) is 17.6. The average molecular weight is 489 g/mol. The van der Waals surface area contributed by atoms with E-state index in [1.807, 2.05) is 47.4 Å². The van der Waals surface area contributed by atoms with Crippen molar-refractivity contribution >= 4 is 28.9 Å². The van der Waals surface area contributed by atoms with E-state index >= 15 is 0 Å². The van der Waals surface area contributed by atoms with Gasteiger partial charge in [-0.3, -0.25) is 9.69 Å². The highest BCUT2D eigenvalue weighted by molar-refractivity contribution is 5.95. The second-order valence-electron chi connectivity index (χ2n) is 9.02. The molecule has 1 aromatic heterocycles. The lowest BCUT2D eigenvalue weighted by Gasteiger charge is -2.28. The molecule has 1 atom stereocenters. The summed E-state index contributed by atoms with van der Waals surface area (Å²) >= 11 is 0. The summed E-state index contributed by atoms with van der Waals surface area (Å²) in [7, 11) is 0. The number of β-amino-alcohol motifs (C(OH)–C–C–N with tert-alkyl or cyclic N) is 1. The van der Waals surface area contributed by atoms with Crippen LogP contribution in [0, 0.1) is 0 Å². The number of nitrogens with zero attached hydrogens (tertiary/aromatic N) is 4. The van der Waals surface area contributed by atoms with E-state index < -0.39 is 0 Å². The van der Waals surface area contributed by atoms with E-state index in [0.29, 0.717) is 12.5 Å².